The summed E-state index contributed by atoms with van der Waals surface area (Å²) in [5, 5.41) is 6.38. The smallest absolute Gasteiger partial charge is 0.444 e. The Morgan fingerprint density at radius 1 is 1.15 bits per heavy atom. The zero-order chi connectivity index (χ0) is 14.4. The lowest BCUT2D eigenvalue weighted by molar-refractivity contribution is 0.108. The van der Waals surface area contributed by atoms with Gasteiger partial charge in [0, 0.05) is 0 Å². The van der Waals surface area contributed by atoms with Gasteiger partial charge in [-0.15, -0.1) is 0 Å². The summed E-state index contributed by atoms with van der Waals surface area (Å²) in [6.45, 7) is 1.87. The first-order valence-corrected chi connectivity index (χ1v) is 6.54. The average Bonchev–Trinajstić information content (AvgIpc) is 2.89. The third kappa shape index (κ3) is 4.46. The van der Waals surface area contributed by atoms with Crippen LogP contribution in [0, 0.1) is 6.92 Å². The molecule has 0 bridgehead atoms. The minimum atomic E-state index is -0.945. The molecular weight excluding hydrogens is 260 g/mol. The van der Waals surface area contributed by atoms with Crippen LogP contribution < -0.4 is 4.74 Å². The van der Waals surface area contributed by atoms with E-state index in [1.807, 2.05) is 13.0 Å². The Morgan fingerprint density at radius 3 is 2.55 bits per heavy atom. The van der Waals surface area contributed by atoms with Gasteiger partial charge in [-0.25, -0.2) is 9.59 Å². The maximum Gasteiger partial charge on any atom is 0.458 e. The van der Waals surface area contributed by atoms with Crippen LogP contribution in [0.4, 0.5) is 9.59 Å². The Balaban J connectivity index is 1.81. The molecule has 0 saturated heterocycles. The van der Waals surface area contributed by atoms with Crippen LogP contribution in [0.3, 0.4) is 0 Å². The van der Waals surface area contributed by atoms with E-state index in [1.165, 1.54) is 0 Å². The van der Waals surface area contributed by atoms with E-state index in [0.29, 0.717) is 5.75 Å². The van der Waals surface area contributed by atoms with Crippen molar-refractivity contribution in [2.45, 2.75) is 38.7 Å². The predicted octanol–water partition coefficient (Wildman–Crippen LogP) is 4.03. The summed E-state index contributed by atoms with van der Waals surface area (Å²) in [6.07, 6.45) is 1.88. The van der Waals surface area contributed by atoms with Crippen molar-refractivity contribution in [3.05, 3.63) is 29.8 Å². The average molecular weight is 276 g/mol. The highest BCUT2D eigenvalue weighted by atomic mass is 16.6. The number of carbonyl (C=O) groups is 2. The number of nitrogens with zero attached hydrogens (tertiary/aromatic N) is 2. The highest BCUT2D eigenvalue weighted by Crippen LogP contribution is 2.21. The first-order chi connectivity index (χ1) is 9.63. The second-order valence-electron chi connectivity index (χ2n) is 4.67. The lowest BCUT2D eigenvalue weighted by atomic mass is 10.2. The summed E-state index contributed by atoms with van der Waals surface area (Å²) in [5.74, 6) is 0.359. The molecule has 1 aliphatic carbocycles. The van der Waals surface area contributed by atoms with Gasteiger partial charge in [-0.3, -0.25) is 0 Å². The van der Waals surface area contributed by atoms with Crippen LogP contribution in [0.2, 0.25) is 0 Å². The highest BCUT2D eigenvalue weighted by molar-refractivity contribution is 5.74. The van der Waals surface area contributed by atoms with E-state index in [-0.39, 0.29) is 6.10 Å². The molecule has 1 fully saturated rings. The first-order valence-electron chi connectivity index (χ1n) is 6.54. The van der Waals surface area contributed by atoms with Crippen molar-refractivity contribution in [2.75, 3.05) is 0 Å². The molecule has 0 heterocycles. The minimum Gasteiger partial charge on any atom is -0.444 e. The molecule has 0 spiro atoms. The molecule has 0 radical (unpaired) electrons. The molecular formula is C14H16N2O4. The van der Waals surface area contributed by atoms with Gasteiger partial charge in [-0.05, 0) is 50.3 Å². The molecule has 0 aromatic heterocycles. The van der Waals surface area contributed by atoms with Gasteiger partial charge in [-0.2, -0.15) is 0 Å². The Kier molecular flexibility index (Phi) is 4.81. The highest BCUT2D eigenvalue weighted by Gasteiger charge is 2.19. The summed E-state index contributed by atoms with van der Waals surface area (Å²) >= 11 is 0. The van der Waals surface area contributed by atoms with E-state index < -0.39 is 12.2 Å². The summed E-state index contributed by atoms with van der Waals surface area (Å²) < 4.78 is 9.93. The summed E-state index contributed by atoms with van der Waals surface area (Å²) in [7, 11) is 0. The SMILES string of the molecule is Cc1cccc(OC(=O)N=NC(=O)OC2CCCC2)c1. The van der Waals surface area contributed by atoms with Gasteiger partial charge < -0.3 is 9.47 Å². The second kappa shape index (κ2) is 6.79. The zero-order valence-electron chi connectivity index (χ0n) is 11.2. The fourth-order valence-electron chi connectivity index (χ4n) is 2.05. The van der Waals surface area contributed by atoms with Crippen molar-refractivity contribution in [3.63, 3.8) is 0 Å². The van der Waals surface area contributed by atoms with E-state index in [1.54, 1.807) is 18.2 Å². The Hall–Kier alpha value is -2.24. The number of azo groups is 1. The van der Waals surface area contributed by atoms with E-state index in [2.05, 4.69) is 10.2 Å². The molecule has 1 aliphatic rings. The number of amides is 2. The Morgan fingerprint density at radius 2 is 1.85 bits per heavy atom. The van der Waals surface area contributed by atoms with Crippen LogP contribution in [0.5, 0.6) is 5.75 Å². The van der Waals surface area contributed by atoms with E-state index in [0.717, 1.165) is 31.2 Å². The van der Waals surface area contributed by atoms with Gasteiger partial charge in [0.05, 0.1) is 0 Å². The van der Waals surface area contributed by atoms with Crippen LogP contribution in [0.1, 0.15) is 31.2 Å². The maximum atomic E-state index is 11.4. The van der Waals surface area contributed by atoms with Gasteiger partial charge in [0.2, 0.25) is 0 Å². The molecule has 2 amide bonds. The zero-order valence-corrected chi connectivity index (χ0v) is 11.2. The second-order valence-corrected chi connectivity index (χ2v) is 4.67. The molecule has 6 nitrogen and oxygen atoms in total. The van der Waals surface area contributed by atoms with Gasteiger partial charge in [0.1, 0.15) is 11.9 Å². The van der Waals surface area contributed by atoms with Crippen molar-refractivity contribution in [1.82, 2.24) is 0 Å². The minimum absolute atomic E-state index is 0.103. The fraction of sp³-hybridized carbons (Fsp3) is 0.429. The molecule has 0 unspecified atom stereocenters. The van der Waals surface area contributed by atoms with Crippen LogP contribution in [0.25, 0.3) is 0 Å². The number of carbonyl (C=O) groups excluding carboxylic acids is 2. The van der Waals surface area contributed by atoms with Crippen LogP contribution in [-0.2, 0) is 4.74 Å². The summed E-state index contributed by atoms with van der Waals surface area (Å²) in [6, 6.07) is 6.93. The fourth-order valence-corrected chi connectivity index (χ4v) is 2.05. The number of hydrogen-bond acceptors (Lipinski definition) is 4. The summed E-state index contributed by atoms with van der Waals surface area (Å²) in [5.41, 5.74) is 0.952. The lowest BCUT2D eigenvalue weighted by Gasteiger charge is -2.06. The summed E-state index contributed by atoms with van der Waals surface area (Å²) in [4.78, 5) is 22.7. The number of rotatable bonds is 2. The molecule has 1 aromatic carbocycles. The van der Waals surface area contributed by atoms with Crippen molar-refractivity contribution >= 4 is 12.2 Å². The maximum absolute atomic E-state index is 11.4. The number of ether oxygens (including phenoxy) is 2. The van der Waals surface area contributed by atoms with Crippen LogP contribution in [0.15, 0.2) is 34.5 Å². The Labute approximate surface area is 116 Å². The van der Waals surface area contributed by atoms with E-state index in [4.69, 9.17) is 9.47 Å². The number of aryl methyl sites for hydroxylation is 1. The van der Waals surface area contributed by atoms with Crippen LogP contribution in [-0.4, -0.2) is 18.3 Å². The van der Waals surface area contributed by atoms with Crippen LogP contribution >= 0.6 is 0 Å². The molecule has 1 saturated carbocycles. The molecule has 6 heteroatoms. The third-order valence-electron chi connectivity index (χ3n) is 2.98. The van der Waals surface area contributed by atoms with E-state index in [9.17, 15) is 9.59 Å². The Bertz CT molecular complexity index is 522. The molecule has 1 aromatic rings. The molecule has 0 aliphatic heterocycles. The van der Waals surface area contributed by atoms with Gasteiger partial charge in [0.25, 0.3) is 0 Å². The van der Waals surface area contributed by atoms with Gasteiger partial charge in [-0.1, -0.05) is 22.4 Å². The standard InChI is InChI=1S/C14H16N2O4/c1-10-5-4-8-12(9-10)20-14(18)16-15-13(17)19-11-6-2-3-7-11/h4-5,8-9,11H,2-3,6-7H2,1H3. The normalized spacial score (nSPS) is 15.4. The van der Waals surface area contributed by atoms with E-state index >= 15 is 0 Å². The topological polar surface area (TPSA) is 77.3 Å². The van der Waals surface area contributed by atoms with Crippen molar-refractivity contribution in [1.29, 1.82) is 0 Å². The van der Waals surface area contributed by atoms with Gasteiger partial charge in [0.15, 0.2) is 0 Å². The monoisotopic (exact) mass is 276 g/mol. The van der Waals surface area contributed by atoms with Crippen molar-refractivity contribution in [3.8, 4) is 5.75 Å². The molecule has 2 rings (SSSR count). The predicted molar refractivity (Wildman–Crippen MR) is 70.8 cm³/mol. The molecule has 0 N–H and O–H groups in total. The first kappa shape index (κ1) is 14.2. The van der Waals surface area contributed by atoms with Gasteiger partial charge >= 0.3 is 12.2 Å². The lowest BCUT2D eigenvalue weighted by Crippen LogP contribution is -2.11. The van der Waals surface area contributed by atoms with Crippen molar-refractivity contribution in [2.24, 2.45) is 10.2 Å². The third-order valence-corrected chi connectivity index (χ3v) is 2.98. The largest absolute Gasteiger partial charge is 0.458 e. The molecule has 0 atom stereocenters. The molecule has 20 heavy (non-hydrogen) atoms. The quantitative estimate of drug-likeness (QED) is 0.764. The number of benzene rings is 1. The molecule has 106 valence electrons. The number of hydrogen-bond donors (Lipinski definition) is 0. The van der Waals surface area contributed by atoms with Crippen molar-refractivity contribution < 1.29 is 19.1 Å².